The van der Waals surface area contributed by atoms with Crippen molar-refractivity contribution >= 4 is 28.5 Å². The first-order chi connectivity index (χ1) is 16.8. The Morgan fingerprint density at radius 3 is 2.51 bits per heavy atom. The normalized spacial score (nSPS) is 16.1. The van der Waals surface area contributed by atoms with Crippen LogP contribution in [-0.4, -0.2) is 51.1 Å². The molecule has 7 N–H and O–H groups in total. The molecule has 2 atom stereocenters. The van der Waals surface area contributed by atoms with Crippen LogP contribution in [-0.2, 0) is 0 Å². The van der Waals surface area contributed by atoms with Gasteiger partial charge in [-0.3, -0.25) is 4.79 Å². The Balaban J connectivity index is 1.71. The number of rotatable bonds is 8. The largest absolute Gasteiger partial charge is 0.508 e. The quantitative estimate of drug-likeness (QED) is 0.264. The van der Waals surface area contributed by atoms with Gasteiger partial charge in [0.1, 0.15) is 40.7 Å². The van der Waals surface area contributed by atoms with Crippen LogP contribution < -0.4 is 15.8 Å². The molecule has 1 saturated carbocycles. The molecular weight excluding hydrogens is 456 g/mol. The average molecular weight is 485 g/mol. The van der Waals surface area contributed by atoms with E-state index < -0.39 is 36.4 Å². The van der Waals surface area contributed by atoms with Crippen molar-refractivity contribution in [1.82, 2.24) is 0 Å². The van der Waals surface area contributed by atoms with Gasteiger partial charge in [0.15, 0.2) is 5.76 Å². The highest BCUT2D eigenvalue weighted by Crippen LogP contribution is 2.37. The van der Waals surface area contributed by atoms with E-state index in [1.54, 1.807) is 12.1 Å². The van der Waals surface area contributed by atoms with E-state index in [0.717, 1.165) is 38.2 Å². The highest BCUT2D eigenvalue weighted by atomic mass is 16.5. The maximum atomic E-state index is 13.1. The number of urea groups is 1. The summed E-state index contributed by atoms with van der Waals surface area (Å²) in [4.78, 5) is 24.8. The van der Waals surface area contributed by atoms with E-state index in [1.165, 1.54) is 18.2 Å². The number of fused-ring (bicyclic) bond motifs is 1. The number of amides is 2. The van der Waals surface area contributed by atoms with E-state index in [9.17, 15) is 30.0 Å². The zero-order valence-corrected chi connectivity index (χ0v) is 18.9. The molecule has 0 bridgehead atoms. The summed E-state index contributed by atoms with van der Waals surface area (Å²) in [6.07, 6.45) is 3.26. The number of ketones is 1. The molecule has 0 spiro atoms. The van der Waals surface area contributed by atoms with E-state index in [0.29, 0.717) is 11.1 Å². The lowest BCUT2D eigenvalue weighted by molar-refractivity contribution is -0.0364. The van der Waals surface area contributed by atoms with Gasteiger partial charge in [0.25, 0.3) is 0 Å². The van der Waals surface area contributed by atoms with Crippen LogP contribution in [0.4, 0.5) is 10.5 Å². The molecule has 2 aromatic carbocycles. The molecule has 10 nitrogen and oxygen atoms in total. The van der Waals surface area contributed by atoms with Crippen molar-refractivity contribution < 1.29 is 39.2 Å². The van der Waals surface area contributed by atoms with E-state index in [2.05, 4.69) is 5.32 Å². The fraction of sp³-hybridized carbons (Fsp3) is 0.360. The van der Waals surface area contributed by atoms with Gasteiger partial charge in [-0.1, -0.05) is 19.3 Å². The Morgan fingerprint density at radius 1 is 1.11 bits per heavy atom. The first-order valence-electron chi connectivity index (χ1n) is 11.4. The van der Waals surface area contributed by atoms with Crippen molar-refractivity contribution in [2.75, 3.05) is 11.9 Å². The van der Waals surface area contributed by atoms with Crippen molar-refractivity contribution in [2.24, 2.45) is 11.7 Å². The molecule has 4 rings (SSSR count). The summed E-state index contributed by atoms with van der Waals surface area (Å²) < 4.78 is 11.9. The molecule has 1 aliphatic carbocycles. The lowest BCUT2D eigenvalue weighted by Crippen LogP contribution is -2.41. The highest BCUT2D eigenvalue weighted by Gasteiger charge is 2.32. The molecule has 1 aromatic heterocycles. The number of nitrogens with one attached hydrogen (secondary N) is 1. The fourth-order valence-electron chi connectivity index (χ4n) is 4.60. The maximum absolute atomic E-state index is 13.1. The van der Waals surface area contributed by atoms with Crippen LogP contribution in [0.3, 0.4) is 0 Å². The Bertz CT molecular complexity index is 1230. The number of hydrogen-bond acceptors (Lipinski definition) is 8. The Labute approximate surface area is 200 Å². The van der Waals surface area contributed by atoms with E-state index in [4.69, 9.17) is 14.9 Å². The van der Waals surface area contributed by atoms with Gasteiger partial charge in [-0.15, -0.1) is 0 Å². The predicted molar refractivity (Wildman–Crippen MR) is 127 cm³/mol. The molecule has 0 radical (unpaired) electrons. The molecule has 35 heavy (non-hydrogen) atoms. The molecule has 1 aliphatic rings. The van der Waals surface area contributed by atoms with Crippen molar-refractivity contribution in [3.63, 3.8) is 0 Å². The van der Waals surface area contributed by atoms with Gasteiger partial charge in [0.2, 0.25) is 5.78 Å². The third-order valence-corrected chi connectivity index (χ3v) is 6.29. The zero-order valence-electron chi connectivity index (χ0n) is 18.9. The SMILES string of the molecule is NC(=O)Nc1c(C(=O)c2ccc(O)cc2O)oc2cc(OC(C(O)CO)C3CCCCC3)ccc12. The molecule has 1 fully saturated rings. The number of furan rings is 1. The summed E-state index contributed by atoms with van der Waals surface area (Å²) in [6.45, 7) is -0.439. The molecule has 0 aliphatic heterocycles. The Kier molecular flexibility index (Phi) is 7.13. The molecule has 3 aromatic rings. The lowest BCUT2D eigenvalue weighted by Gasteiger charge is -2.33. The summed E-state index contributed by atoms with van der Waals surface area (Å²) in [5.41, 5.74) is 5.38. The van der Waals surface area contributed by atoms with E-state index in [-0.39, 0.29) is 34.3 Å². The summed E-state index contributed by atoms with van der Waals surface area (Å²) in [5, 5.41) is 42.3. The van der Waals surface area contributed by atoms with Gasteiger partial charge in [-0.25, -0.2) is 4.79 Å². The fourth-order valence-corrected chi connectivity index (χ4v) is 4.60. The number of primary amides is 1. The third-order valence-electron chi connectivity index (χ3n) is 6.29. The van der Waals surface area contributed by atoms with Crippen LogP contribution >= 0.6 is 0 Å². The van der Waals surface area contributed by atoms with Gasteiger partial charge < -0.3 is 40.6 Å². The van der Waals surface area contributed by atoms with Gasteiger partial charge >= 0.3 is 6.03 Å². The number of anilines is 1. The third kappa shape index (κ3) is 5.18. The van der Waals surface area contributed by atoms with Crippen LogP contribution in [0, 0.1) is 5.92 Å². The predicted octanol–water partition coefficient (Wildman–Crippen LogP) is 3.25. The smallest absolute Gasteiger partial charge is 0.316 e. The maximum Gasteiger partial charge on any atom is 0.316 e. The number of carbonyl (C=O) groups is 2. The Morgan fingerprint density at radius 2 is 1.86 bits per heavy atom. The number of nitrogens with two attached hydrogens (primary N) is 1. The zero-order chi connectivity index (χ0) is 25.1. The van der Waals surface area contributed by atoms with Gasteiger partial charge in [0.05, 0.1) is 12.2 Å². The monoisotopic (exact) mass is 484 g/mol. The minimum Gasteiger partial charge on any atom is -0.508 e. The van der Waals surface area contributed by atoms with Crippen LogP contribution in [0.25, 0.3) is 11.0 Å². The summed E-state index contributed by atoms with van der Waals surface area (Å²) >= 11 is 0. The number of phenols is 2. The number of ether oxygens (including phenoxy) is 1. The van der Waals surface area contributed by atoms with Crippen molar-refractivity contribution in [1.29, 1.82) is 0 Å². The standard InChI is InChI=1S/C25H28N2O8/c26-25(33)27-21-17-9-7-15(34-23(19(31)12-28)13-4-2-1-3-5-13)11-20(17)35-24(21)22(32)16-8-6-14(29)10-18(16)30/h6-11,13,19,23,28-31H,1-5,12H2,(H3,26,27,33). The van der Waals surface area contributed by atoms with Crippen molar-refractivity contribution in [2.45, 2.75) is 44.3 Å². The van der Waals surface area contributed by atoms with Crippen molar-refractivity contribution in [3.05, 3.63) is 47.7 Å². The van der Waals surface area contributed by atoms with Crippen LogP contribution in [0.5, 0.6) is 17.2 Å². The lowest BCUT2D eigenvalue weighted by atomic mass is 9.83. The van der Waals surface area contributed by atoms with Gasteiger partial charge in [0, 0.05) is 17.5 Å². The average Bonchev–Trinajstić information content (AvgIpc) is 3.19. The number of aromatic hydroxyl groups is 2. The van der Waals surface area contributed by atoms with E-state index >= 15 is 0 Å². The minimum absolute atomic E-state index is 0.0238. The summed E-state index contributed by atoms with van der Waals surface area (Å²) in [7, 11) is 0. The van der Waals surface area contributed by atoms with E-state index in [1.807, 2.05) is 0 Å². The van der Waals surface area contributed by atoms with Gasteiger partial charge in [-0.05, 0) is 43.0 Å². The summed E-state index contributed by atoms with van der Waals surface area (Å²) in [5.74, 6) is -1.25. The topological polar surface area (TPSA) is 175 Å². The second kappa shape index (κ2) is 10.2. The number of aliphatic hydroxyl groups excluding tert-OH is 2. The van der Waals surface area contributed by atoms with Crippen molar-refractivity contribution in [3.8, 4) is 17.2 Å². The second-order valence-electron chi connectivity index (χ2n) is 8.71. The molecular formula is C25H28N2O8. The van der Waals surface area contributed by atoms with Crippen LogP contribution in [0.15, 0.2) is 40.8 Å². The molecule has 10 heteroatoms. The number of aliphatic hydroxyl groups is 2. The molecule has 2 amide bonds. The Hall–Kier alpha value is -3.76. The number of carbonyl (C=O) groups excluding carboxylic acids is 2. The first-order valence-corrected chi connectivity index (χ1v) is 11.4. The second-order valence-corrected chi connectivity index (χ2v) is 8.71. The number of hydrogen-bond donors (Lipinski definition) is 6. The molecule has 2 unspecified atom stereocenters. The van der Waals surface area contributed by atoms with Crippen LogP contribution in [0.2, 0.25) is 0 Å². The summed E-state index contributed by atoms with van der Waals surface area (Å²) in [6, 6.07) is 7.27. The number of phenolic OH excluding ortho intramolecular Hbond substituents is 2. The molecule has 1 heterocycles. The highest BCUT2D eigenvalue weighted by molar-refractivity contribution is 6.18. The van der Waals surface area contributed by atoms with Gasteiger partial charge in [-0.2, -0.15) is 0 Å². The molecule has 186 valence electrons. The number of benzene rings is 2. The van der Waals surface area contributed by atoms with Crippen LogP contribution in [0.1, 0.15) is 48.2 Å². The first kappa shape index (κ1) is 24.4. The minimum atomic E-state index is -1.06. The molecule has 0 saturated heterocycles.